The van der Waals surface area contributed by atoms with Gasteiger partial charge >= 0.3 is 0 Å². The molecular weight excluding hydrogens is 529 g/mol. The predicted octanol–water partition coefficient (Wildman–Crippen LogP) is 5.90. The molecule has 0 saturated carbocycles. The zero-order valence-corrected chi connectivity index (χ0v) is 21.1. The van der Waals surface area contributed by atoms with Gasteiger partial charge in [0.05, 0.1) is 11.2 Å². The molecule has 0 fully saturated rings. The maximum absolute atomic E-state index is 13.0. The van der Waals surface area contributed by atoms with Crippen LogP contribution in [-0.2, 0) is 4.79 Å². The van der Waals surface area contributed by atoms with E-state index in [9.17, 15) is 9.59 Å². The lowest BCUT2D eigenvalue weighted by Gasteiger charge is -2.09. The molecule has 0 saturated heterocycles. The standard InChI is InChI=1S/C28H19Cl2N3O5/c29-19-7-9-22(30)21(14-19)24-11-8-20(38-24)15-31-33-28(35)23(32-27(34)18-4-2-1-3-5-18)12-17-6-10-25-26(13-17)37-16-36-25/h1-15H,16H2,(H,32,34)(H,33,35)/b23-12+,31-15+. The minimum atomic E-state index is -0.645. The molecule has 0 aliphatic carbocycles. The molecular formula is C28H19Cl2N3O5. The number of carbonyl (C=O) groups excluding carboxylic acids is 2. The van der Waals surface area contributed by atoms with Crippen LogP contribution in [0, 0.1) is 0 Å². The van der Waals surface area contributed by atoms with Gasteiger partial charge in [0.2, 0.25) is 6.79 Å². The minimum Gasteiger partial charge on any atom is -0.455 e. The van der Waals surface area contributed by atoms with Crippen molar-refractivity contribution in [3.8, 4) is 22.8 Å². The van der Waals surface area contributed by atoms with Crippen LogP contribution in [0.3, 0.4) is 0 Å². The van der Waals surface area contributed by atoms with E-state index in [4.69, 9.17) is 37.1 Å². The van der Waals surface area contributed by atoms with E-state index < -0.39 is 11.8 Å². The third-order valence-corrected chi connectivity index (χ3v) is 5.98. The Morgan fingerprint density at radius 2 is 1.71 bits per heavy atom. The van der Waals surface area contributed by atoms with Crippen LogP contribution in [0.2, 0.25) is 10.0 Å². The first kappa shape index (κ1) is 25.1. The van der Waals surface area contributed by atoms with Crippen molar-refractivity contribution in [1.82, 2.24) is 10.7 Å². The van der Waals surface area contributed by atoms with Gasteiger partial charge in [-0.1, -0.05) is 47.5 Å². The van der Waals surface area contributed by atoms with Crippen LogP contribution in [0.1, 0.15) is 21.7 Å². The molecule has 0 unspecified atom stereocenters. The van der Waals surface area contributed by atoms with Gasteiger partial charge in [-0.2, -0.15) is 5.10 Å². The number of halogens is 2. The fourth-order valence-corrected chi connectivity index (χ4v) is 3.96. The van der Waals surface area contributed by atoms with E-state index in [0.717, 1.165) is 0 Å². The molecule has 0 radical (unpaired) electrons. The molecule has 0 atom stereocenters. The molecule has 2 amide bonds. The fraction of sp³-hybridized carbons (Fsp3) is 0.0357. The summed E-state index contributed by atoms with van der Waals surface area (Å²) in [5.41, 5.74) is 4.02. The SMILES string of the molecule is O=C(N/N=C/c1ccc(-c2cc(Cl)ccc2Cl)o1)/C(=C\c1ccc2c(c1)OCO2)NC(=O)c1ccccc1. The molecule has 4 aromatic rings. The number of nitrogens with zero attached hydrogens (tertiary/aromatic N) is 1. The van der Waals surface area contributed by atoms with E-state index >= 15 is 0 Å². The van der Waals surface area contributed by atoms with Crippen LogP contribution >= 0.6 is 23.2 Å². The van der Waals surface area contributed by atoms with Gasteiger partial charge in [0.15, 0.2) is 11.5 Å². The number of benzene rings is 3. The van der Waals surface area contributed by atoms with Gasteiger partial charge in [-0.15, -0.1) is 0 Å². The van der Waals surface area contributed by atoms with E-state index in [1.165, 1.54) is 12.3 Å². The molecule has 0 spiro atoms. The van der Waals surface area contributed by atoms with Gasteiger partial charge in [0.25, 0.3) is 11.8 Å². The predicted molar refractivity (Wildman–Crippen MR) is 144 cm³/mol. The highest BCUT2D eigenvalue weighted by Gasteiger charge is 2.17. The summed E-state index contributed by atoms with van der Waals surface area (Å²) in [6.45, 7) is 0.118. The highest BCUT2D eigenvalue weighted by Crippen LogP contribution is 2.33. The summed E-state index contributed by atoms with van der Waals surface area (Å²) in [4.78, 5) is 25.8. The first-order valence-corrected chi connectivity index (χ1v) is 12.1. The first-order valence-electron chi connectivity index (χ1n) is 11.3. The van der Waals surface area contributed by atoms with Crippen LogP contribution in [0.25, 0.3) is 17.4 Å². The molecule has 10 heteroatoms. The molecule has 190 valence electrons. The van der Waals surface area contributed by atoms with Crippen molar-refractivity contribution in [2.75, 3.05) is 6.79 Å². The summed E-state index contributed by atoms with van der Waals surface area (Å²) in [6.07, 6.45) is 2.84. The molecule has 1 aliphatic heterocycles. The van der Waals surface area contributed by atoms with Crippen molar-refractivity contribution in [3.05, 3.63) is 111 Å². The number of carbonyl (C=O) groups is 2. The van der Waals surface area contributed by atoms with Crippen molar-refractivity contribution in [2.24, 2.45) is 5.10 Å². The number of furan rings is 1. The van der Waals surface area contributed by atoms with E-state index in [1.54, 1.807) is 78.9 Å². The van der Waals surface area contributed by atoms with E-state index in [-0.39, 0.29) is 12.5 Å². The molecule has 0 bridgehead atoms. The van der Waals surface area contributed by atoms with Gasteiger partial charge in [0, 0.05) is 16.1 Å². The average Bonchev–Trinajstić information content (AvgIpc) is 3.59. The lowest BCUT2D eigenvalue weighted by atomic mass is 10.1. The third-order valence-electron chi connectivity index (χ3n) is 5.41. The molecule has 5 rings (SSSR count). The van der Waals surface area contributed by atoms with Crippen LogP contribution in [-0.4, -0.2) is 24.8 Å². The summed E-state index contributed by atoms with van der Waals surface area (Å²) < 4.78 is 16.5. The van der Waals surface area contributed by atoms with Crippen molar-refractivity contribution in [1.29, 1.82) is 0 Å². The number of rotatable bonds is 7. The monoisotopic (exact) mass is 547 g/mol. The second kappa shape index (κ2) is 11.2. The summed E-state index contributed by atoms with van der Waals surface area (Å²) in [5, 5.41) is 7.62. The van der Waals surface area contributed by atoms with Gasteiger partial charge < -0.3 is 19.2 Å². The first-order chi connectivity index (χ1) is 18.5. The maximum atomic E-state index is 13.0. The van der Waals surface area contributed by atoms with Gasteiger partial charge in [0.1, 0.15) is 17.2 Å². The van der Waals surface area contributed by atoms with Gasteiger partial charge in [-0.05, 0) is 66.2 Å². The highest BCUT2D eigenvalue weighted by atomic mass is 35.5. The number of hydrazone groups is 1. The Bertz CT molecular complexity index is 1560. The Hall–Kier alpha value is -4.53. The Labute approximate surface area is 227 Å². The molecule has 8 nitrogen and oxygen atoms in total. The summed E-state index contributed by atoms with van der Waals surface area (Å²) in [5.74, 6) is 0.899. The van der Waals surface area contributed by atoms with Crippen LogP contribution < -0.4 is 20.2 Å². The number of nitrogens with one attached hydrogen (secondary N) is 2. The Balaban J connectivity index is 1.34. The second-order valence-corrected chi connectivity index (χ2v) is 8.86. The van der Waals surface area contributed by atoms with Gasteiger partial charge in [-0.25, -0.2) is 5.43 Å². The number of hydrogen-bond donors (Lipinski definition) is 2. The Kier molecular flexibility index (Phi) is 7.44. The maximum Gasteiger partial charge on any atom is 0.287 e. The van der Waals surface area contributed by atoms with E-state index in [0.29, 0.717) is 49.8 Å². The third kappa shape index (κ3) is 5.88. The van der Waals surface area contributed by atoms with Crippen LogP contribution in [0.5, 0.6) is 11.5 Å². The van der Waals surface area contributed by atoms with Crippen LogP contribution in [0.15, 0.2) is 94.1 Å². The quantitative estimate of drug-likeness (QED) is 0.170. The topological polar surface area (TPSA) is 102 Å². The van der Waals surface area contributed by atoms with Crippen molar-refractivity contribution in [2.45, 2.75) is 0 Å². The molecule has 1 aromatic heterocycles. The summed E-state index contributed by atoms with van der Waals surface area (Å²) in [7, 11) is 0. The largest absolute Gasteiger partial charge is 0.455 e. The lowest BCUT2D eigenvalue weighted by Crippen LogP contribution is -2.32. The highest BCUT2D eigenvalue weighted by molar-refractivity contribution is 6.35. The average molecular weight is 548 g/mol. The smallest absolute Gasteiger partial charge is 0.287 e. The zero-order chi connectivity index (χ0) is 26.5. The normalized spacial score (nSPS) is 12.5. The molecule has 38 heavy (non-hydrogen) atoms. The molecule has 3 aromatic carbocycles. The van der Waals surface area contributed by atoms with E-state index in [1.807, 2.05) is 0 Å². The molecule has 2 N–H and O–H groups in total. The van der Waals surface area contributed by atoms with Crippen molar-refractivity contribution >= 4 is 47.3 Å². The Morgan fingerprint density at radius 3 is 2.55 bits per heavy atom. The molecule has 1 aliphatic rings. The van der Waals surface area contributed by atoms with Gasteiger partial charge in [-0.3, -0.25) is 9.59 Å². The Morgan fingerprint density at radius 1 is 0.895 bits per heavy atom. The second-order valence-electron chi connectivity index (χ2n) is 8.02. The van der Waals surface area contributed by atoms with Crippen molar-refractivity contribution in [3.63, 3.8) is 0 Å². The lowest BCUT2D eigenvalue weighted by molar-refractivity contribution is -0.117. The number of hydrogen-bond acceptors (Lipinski definition) is 6. The minimum absolute atomic E-state index is 0.0271. The van der Waals surface area contributed by atoms with Crippen LogP contribution in [0.4, 0.5) is 0 Å². The van der Waals surface area contributed by atoms with E-state index in [2.05, 4.69) is 15.8 Å². The summed E-state index contributed by atoms with van der Waals surface area (Å²) >= 11 is 12.3. The molecule has 2 heterocycles. The number of fused-ring (bicyclic) bond motifs is 1. The zero-order valence-electron chi connectivity index (χ0n) is 19.6. The van der Waals surface area contributed by atoms with Crippen molar-refractivity contribution < 1.29 is 23.5 Å². The summed E-state index contributed by atoms with van der Waals surface area (Å²) in [6, 6.07) is 22.1. The number of ether oxygens (including phenoxy) is 2. The number of amides is 2. The fourth-order valence-electron chi connectivity index (χ4n) is 3.58.